The van der Waals surface area contributed by atoms with Gasteiger partial charge in [-0.05, 0) is 24.3 Å². The Kier molecular flexibility index (Phi) is 5.04. The molecule has 5 heteroatoms. The van der Waals surface area contributed by atoms with Gasteiger partial charge in [0.2, 0.25) is 5.91 Å². The van der Waals surface area contributed by atoms with Crippen LogP contribution in [0.5, 0.6) is 11.5 Å². The zero-order valence-electron chi connectivity index (χ0n) is 12.1. The number of para-hydroxylation sites is 1. The van der Waals surface area contributed by atoms with Crippen LogP contribution >= 0.6 is 0 Å². The second-order valence-electron chi connectivity index (χ2n) is 4.33. The van der Waals surface area contributed by atoms with Crippen molar-refractivity contribution in [1.82, 2.24) is 0 Å². The molecule has 0 spiro atoms. The Morgan fingerprint density at radius 2 is 1.81 bits per heavy atom. The van der Waals surface area contributed by atoms with Crippen LogP contribution in [0.3, 0.4) is 0 Å². The van der Waals surface area contributed by atoms with Gasteiger partial charge in [-0.2, -0.15) is 0 Å². The summed E-state index contributed by atoms with van der Waals surface area (Å²) >= 11 is 0. The van der Waals surface area contributed by atoms with E-state index < -0.39 is 0 Å². The molecule has 0 unspecified atom stereocenters. The van der Waals surface area contributed by atoms with Gasteiger partial charge in [-0.1, -0.05) is 18.2 Å². The van der Waals surface area contributed by atoms with E-state index in [0.717, 1.165) is 11.4 Å². The highest BCUT2D eigenvalue weighted by molar-refractivity contribution is 5.93. The van der Waals surface area contributed by atoms with Gasteiger partial charge in [-0.3, -0.25) is 4.79 Å². The smallest absolute Gasteiger partial charge is 0.243 e. The molecule has 0 bridgehead atoms. The lowest BCUT2D eigenvalue weighted by molar-refractivity contribution is -0.114. The molecule has 0 saturated heterocycles. The van der Waals surface area contributed by atoms with Crippen LogP contribution in [0, 0.1) is 0 Å². The number of nitrogens with one attached hydrogen (secondary N) is 2. The molecule has 0 aliphatic heterocycles. The molecular formula is C16H18N2O3. The third-order valence-corrected chi connectivity index (χ3v) is 2.91. The Morgan fingerprint density at radius 3 is 2.48 bits per heavy atom. The SMILES string of the molecule is COc1ccc(NCC(=O)Nc2ccccc2)c(OC)c1. The number of amides is 1. The molecule has 0 aliphatic rings. The predicted octanol–water partition coefficient (Wildman–Crippen LogP) is 2.75. The maximum Gasteiger partial charge on any atom is 0.243 e. The molecule has 0 saturated carbocycles. The number of anilines is 2. The molecule has 2 aromatic rings. The van der Waals surface area contributed by atoms with E-state index in [4.69, 9.17) is 9.47 Å². The van der Waals surface area contributed by atoms with Crippen molar-refractivity contribution >= 4 is 17.3 Å². The van der Waals surface area contributed by atoms with E-state index in [-0.39, 0.29) is 12.5 Å². The summed E-state index contributed by atoms with van der Waals surface area (Å²) in [5.74, 6) is 1.20. The molecule has 2 aromatic carbocycles. The maximum atomic E-state index is 11.9. The van der Waals surface area contributed by atoms with Gasteiger partial charge >= 0.3 is 0 Å². The summed E-state index contributed by atoms with van der Waals surface area (Å²) < 4.78 is 10.4. The predicted molar refractivity (Wildman–Crippen MR) is 83.1 cm³/mol. The van der Waals surface area contributed by atoms with E-state index in [1.165, 1.54) is 0 Å². The van der Waals surface area contributed by atoms with Crippen LogP contribution in [0.15, 0.2) is 48.5 Å². The highest BCUT2D eigenvalue weighted by atomic mass is 16.5. The topological polar surface area (TPSA) is 59.6 Å². The molecule has 0 aliphatic carbocycles. The van der Waals surface area contributed by atoms with Gasteiger partial charge in [0, 0.05) is 11.8 Å². The zero-order chi connectivity index (χ0) is 15.1. The lowest BCUT2D eigenvalue weighted by Crippen LogP contribution is -2.21. The van der Waals surface area contributed by atoms with Crippen molar-refractivity contribution in [2.24, 2.45) is 0 Å². The summed E-state index contributed by atoms with van der Waals surface area (Å²) in [5.41, 5.74) is 1.51. The molecule has 2 rings (SSSR count). The molecule has 0 atom stereocenters. The summed E-state index contributed by atoms with van der Waals surface area (Å²) in [7, 11) is 3.17. The number of hydrogen-bond donors (Lipinski definition) is 2. The molecule has 21 heavy (non-hydrogen) atoms. The van der Waals surface area contributed by atoms with Crippen molar-refractivity contribution in [2.45, 2.75) is 0 Å². The fourth-order valence-electron chi connectivity index (χ4n) is 1.85. The molecule has 0 aromatic heterocycles. The molecule has 0 radical (unpaired) electrons. The van der Waals surface area contributed by atoms with E-state index in [2.05, 4.69) is 10.6 Å². The first kappa shape index (κ1) is 14.7. The Labute approximate surface area is 123 Å². The lowest BCUT2D eigenvalue weighted by Gasteiger charge is -2.12. The highest BCUT2D eigenvalue weighted by Gasteiger charge is 2.07. The Hall–Kier alpha value is -2.69. The fraction of sp³-hybridized carbons (Fsp3) is 0.188. The van der Waals surface area contributed by atoms with E-state index in [1.54, 1.807) is 26.4 Å². The second-order valence-corrected chi connectivity index (χ2v) is 4.33. The summed E-state index contributed by atoms with van der Waals surface area (Å²) in [5, 5.41) is 5.85. The van der Waals surface area contributed by atoms with Crippen LogP contribution in [0.2, 0.25) is 0 Å². The normalized spacial score (nSPS) is 9.81. The minimum Gasteiger partial charge on any atom is -0.497 e. The number of carbonyl (C=O) groups is 1. The van der Waals surface area contributed by atoms with Crippen molar-refractivity contribution in [3.05, 3.63) is 48.5 Å². The minimum absolute atomic E-state index is 0.126. The Balaban J connectivity index is 1.95. The van der Waals surface area contributed by atoms with E-state index >= 15 is 0 Å². The van der Waals surface area contributed by atoms with Crippen LogP contribution in [0.25, 0.3) is 0 Å². The van der Waals surface area contributed by atoms with Gasteiger partial charge in [0.1, 0.15) is 11.5 Å². The number of benzene rings is 2. The summed E-state index contributed by atoms with van der Waals surface area (Å²) in [6.07, 6.45) is 0. The number of methoxy groups -OCH3 is 2. The van der Waals surface area contributed by atoms with E-state index in [0.29, 0.717) is 11.5 Å². The molecule has 110 valence electrons. The van der Waals surface area contributed by atoms with Crippen molar-refractivity contribution in [1.29, 1.82) is 0 Å². The first-order valence-electron chi connectivity index (χ1n) is 6.53. The van der Waals surface area contributed by atoms with Gasteiger partial charge < -0.3 is 20.1 Å². The number of carbonyl (C=O) groups excluding carboxylic acids is 1. The van der Waals surface area contributed by atoms with Crippen LogP contribution < -0.4 is 20.1 Å². The maximum absolute atomic E-state index is 11.9. The molecule has 2 N–H and O–H groups in total. The molecule has 5 nitrogen and oxygen atoms in total. The van der Waals surface area contributed by atoms with Gasteiger partial charge in [-0.15, -0.1) is 0 Å². The quantitative estimate of drug-likeness (QED) is 0.857. The van der Waals surface area contributed by atoms with Gasteiger partial charge in [0.05, 0.1) is 26.5 Å². The average Bonchev–Trinajstić information content (AvgIpc) is 2.53. The third kappa shape index (κ3) is 4.14. The van der Waals surface area contributed by atoms with Crippen LogP contribution in [-0.4, -0.2) is 26.7 Å². The summed E-state index contributed by atoms with van der Waals surface area (Å²) in [6, 6.07) is 14.7. The molecule has 1 amide bonds. The first-order valence-corrected chi connectivity index (χ1v) is 6.53. The fourth-order valence-corrected chi connectivity index (χ4v) is 1.85. The zero-order valence-corrected chi connectivity index (χ0v) is 12.1. The lowest BCUT2D eigenvalue weighted by atomic mass is 10.2. The van der Waals surface area contributed by atoms with Gasteiger partial charge in [-0.25, -0.2) is 0 Å². The van der Waals surface area contributed by atoms with Gasteiger partial charge in [0.25, 0.3) is 0 Å². The van der Waals surface area contributed by atoms with Crippen LogP contribution in [-0.2, 0) is 4.79 Å². The largest absolute Gasteiger partial charge is 0.497 e. The number of hydrogen-bond acceptors (Lipinski definition) is 4. The first-order chi connectivity index (χ1) is 10.2. The molecular weight excluding hydrogens is 268 g/mol. The number of rotatable bonds is 6. The standard InChI is InChI=1S/C16H18N2O3/c1-20-13-8-9-14(15(10-13)21-2)17-11-16(19)18-12-6-4-3-5-7-12/h3-10,17H,11H2,1-2H3,(H,18,19). The summed E-state index contributed by atoms with van der Waals surface area (Å²) in [6.45, 7) is 0.150. The second kappa shape index (κ2) is 7.19. The van der Waals surface area contributed by atoms with Crippen molar-refractivity contribution in [3.8, 4) is 11.5 Å². The van der Waals surface area contributed by atoms with Crippen LogP contribution in [0.1, 0.15) is 0 Å². The summed E-state index contributed by atoms with van der Waals surface area (Å²) in [4.78, 5) is 11.9. The molecule has 0 fully saturated rings. The van der Waals surface area contributed by atoms with Crippen molar-refractivity contribution < 1.29 is 14.3 Å². The molecule has 0 heterocycles. The highest BCUT2D eigenvalue weighted by Crippen LogP contribution is 2.28. The van der Waals surface area contributed by atoms with E-state index in [9.17, 15) is 4.79 Å². The van der Waals surface area contributed by atoms with Crippen LogP contribution in [0.4, 0.5) is 11.4 Å². The number of ether oxygens (including phenoxy) is 2. The van der Waals surface area contributed by atoms with Gasteiger partial charge in [0.15, 0.2) is 0 Å². The average molecular weight is 286 g/mol. The van der Waals surface area contributed by atoms with Crippen molar-refractivity contribution in [3.63, 3.8) is 0 Å². The monoisotopic (exact) mass is 286 g/mol. The Bertz CT molecular complexity index is 600. The third-order valence-electron chi connectivity index (χ3n) is 2.91. The minimum atomic E-state index is -0.126. The Morgan fingerprint density at radius 1 is 1.05 bits per heavy atom. The van der Waals surface area contributed by atoms with Crippen molar-refractivity contribution in [2.75, 3.05) is 31.4 Å². The van der Waals surface area contributed by atoms with E-state index in [1.807, 2.05) is 36.4 Å².